The zero-order valence-corrected chi connectivity index (χ0v) is 34.9. The number of methoxy groups -OCH3 is 1. The van der Waals surface area contributed by atoms with Crippen LogP contribution in [-0.4, -0.2) is 185 Å². The molecule has 66 heavy (non-hydrogen) atoms. The van der Waals surface area contributed by atoms with Crippen molar-refractivity contribution in [3.05, 3.63) is 77.1 Å². The minimum atomic E-state index is -1.96. The molecule has 4 heterocycles. The first-order valence-corrected chi connectivity index (χ1v) is 20.4. The van der Waals surface area contributed by atoms with Crippen LogP contribution in [0.15, 0.2) is 60.4 Å². The summed E-state index contributed by atoms with van der Waals surface area (Å²) in [5.74, 6) is -2.87. The van der Waals surface area contributed by atoms with Crippen LogP contribution in [0, 0.1) is 0 Å². The zero-order valence-electron chi connectivity index (χ0n) is 34.9. The first kappa shape index (κ1) is 48.4. The average molecular weight is 935 g/mol. The van der Waals surface area contributed by atoms with Crippen LogP contribution in [-0.2, 0) is 33.2 Å². The SMILES string of the molecule is COc1cc(C2Oc3cc(O)cc(O[C@@H]4O[C@H](CO)[C@@H](O)[C@H](O)[C@H]4O)c3C=C2O[C@@H]2O[C@H](CO[C@@H]3OC(C)[C@H](OC(=O)/C=C/c4ccc(O)c(O)c4)[C@@H](O)[C@H]3O)[C@@H](O)[C@H](O)[C@H]2O)ccc1O. The molecular weight excluding hydrogens is 884 g/mol. The molecule has 0 amide bonds. The van der Waals surface area contributed by atoms with E-state index in [-0.39, 0.29) is 45.6 Å². The lowest BCUT2D eigenvalue weighted by atomic mass is 9.98. The summed E-state index contributed by atoms with van der Waals surface area (Å²) >= 11 is 0. The first-order chi connectivity index (χ1) is 31.4. The molecule has 23 nitrogen and oxygen atoms in total. The Morgan fingerprint density at radius 2 is 1.33 bits per heavy atom. The van der Waals surface area contributed by atoms with Crippen LogP contribution >= 0.6 is 0 Å². The van der Waals surface area contributed by atoms with Crippen molar-refractivity contribution in [1.29, 1.82) is 0 Å². The fraction of sp³-hybridized carbons (Fsp3) is 0.465. The van der Waals surface area contributed by atoms with Gasteiger partial charge < -0.3 is 109 Å². The van der Waals surface area contributed by atoms with Gasteiger partial charge >= 0.3 is 5.97 Å². The molecule has 23 heteroatoms. The van der Waals surface area contributed by atoms with Crippen molar-refractivity contribution in [2.45, 2.75) is 105 Å². The molecule has 0 saturated carbocycles. The quantitative estimate of drug-likeness (QED) is 0.0506. The van der Waals surface area contributed by atoms with Gasteiger partial charge in [0.15, 0.2) is 41.5 Å². The number of hydrogen-bond donors (Lipinski definition) is 13. The molecule has 360 valence electrons. The van der Waals surface area contributed by atoms with Crippen molar-refractivity contribution in [1.82, 2.24) is 0 Å². The van der Waals surface area contributed by atoms with E-state index < -0.39 is 129 Å². The molecule has 3 saturated heterocycles. The fourth-order valence-corrected chi connectivity index (χ4v) is 7.57. The maximum Gasteiger partial charge on any atom is 0.331 e. The van der Waals surface area contributed by atoms with Crippen LogP contribution in [0.4, 0.5) is 0 Å². The Labute approximate surface area is 374 Å². The van der Waals surface area contributed by atoms with Crippen molar-refractivity contribution in [3.8, 4) is 40.2 Å². The average Bonchev–Trinajstić information content (AvgIpc) is 3.29. The number of phenols is 4. The second kappa shape index (κ2) is 20.2. The summed E-state index contributed by atoms with van der Waals surface area (Å²) in [5.41, 5.74) is 0.616. The number of fused-ring (bicyclic) bond motifs is 1. The zero-order chi connectivity index (χ0) is 47.7. The summed E-state index contributed by atoms with van der Waals surface area (Å²) in [6.45, 7) is -0.00517. The molecule has 16 atom stereocenters. The van der Waals surface area contributed by atoms with Gasteiger partial charge in [0.1, 0.15) is 84.0 Å². The lowest BCUT2D eigenvalue weighted by molar-refractivity contribution is -0.325. The van der Waals surface area contributed by atoms with Gasteiger partial charge in [0.25, 0.3) is 0 Å². The van der Waals surface area contributed by atoms with Gasteiger partial charge in [-0.2, -0.15) is 0 Å². The third-order valence-electron chi connectivity index (χ3n) is 11.3. The Balaban J connectivity index is 1.09. The molecule has 3 aromatic rings. The van der Waals surface area contributed by atoms with Crippen molar-refractivity contribution in [2.24, 2.45) is 0 Å². The molecule has 4 aliphatic heterocycles. The van der Waals surface area contributed by atoms with E-state index in [1.807, 2.05) is 0 Å². The second-order valence-corrected chi connectivity index (χ2v) is 15.8. The van der Waals surface area contributed by atoms with Gasteiger partial charge in [0.2, 0.25) is 12.6 Å². The largest absolute Gasteiger partial charge is 0.508 e. The number of ether oxygens (including phenoxy) is 9. The van der Waals surface area contributed by atoms with Gasteiger partial charge in [-0.25, -0.2) is 4.79 Å². The molecule has 2 unspecified atom stereocenters. The van der Waals surface area contributed by atoms with E-state index in [9.17, 15) is 71.2 Å². The molecule has 0 spiro atoms. The van der Waals surface area contributed by atoms with E-state index in [4.69, 9.17) is 42.6 Å². The van der Waals surface area contributed by atoms with Crippen LogP contribution in [0.1, 0.15) is 29.7 Å². The van der Waals surface area contributed by atoms with Crippen molar-refractivity contribution >= 4 is 18.1 Å². The molecule has 4 aliphatic rings. The summed E-state index contributed by atoms with van der Waals surface area (Å²) in [6.07, 6.45) is -23.0. The highest BCUT2D eigenvalue weighted by molar-refractivity contribution is 5.87. The van der Waals surface area contributed by atoms with Crippen molar-refractivity contribution < 1.29 is 114 Å². The van der Waals surface area contributed by atoms with Crippen LogP contribution in [0.25, 0.3) is 12.2 Å². The molecule has 0 radical (unpaired) electrons. The van der Waals surface area contributed by atoms with E-state index in [0.717, 1.165) is 12.1 Å². The van der Waals surface area contributed by atoms with Gasteiger partial charge in [0.05, 0.1) is 32.0 Å². The van der Waals surface area contributed by atoms with Gasteiger partial charge in [-0.15, -0.1) is 0 Å². The number of aromatic hydroxyl groups is 4. The summed E-state index contributed by atoms with van der Waals surface area (Å²) in [6, 6.07) is 10.2. The van der Waals surface area contributed by atoms with Crippen LogP contribution in [0.5, 0.6) is 40.2 Å². The molecule has 7 rings (SSSR count). The van der Waals surface area contributed by atoms with E-state index in [1.165, 1.54) is 68.7 Å². The van der Waals surface area contributed by atoms with Crippen LogP contribution in [0.2, 0.25) is 0 Å². The highest BCUT2D eigenvalue weighted by Crippen LogP contribution is 2.47. The lowest BCUT2D eigenvalue weighted by Gasteiger charge is -2.43. The number of rotatable bonds is 13. The lowest BCUT2D eigenvalue weighted by Crippen LogP contribution is -2.61. The maximum atomic E-state index is 12.6. The van der Waals surface area contributed by atoms with E-state index in [2.05, 4.69) is 0 Å². The number of aliphatic hydroxyl groups is 9. The number of aliphatic hydroxyl groups excluding tert-OH is 9. The smallest absolute Gasteiger partial charge is 0.331 e. The topological polar surface area (TPSA) is 363 Å². The molecule has 13 N–H and O–H groups in total. The third kappa shape index (κ3) is 10.1. The van der Waals surface area contributed by atoms with Crippen LogP contribution in [0.3, 0.4) is 0 Å². The number of hydrogen-bond acceptors (Lipinski definition) is 23. The van der Waals surface area contributed by atoms with Gasteiger partial charge in [-0.05, 0) is 48.9 Å². The molecule has 0 bridgehead atoms. The monoisotopic (exact) mass is 934 g/mol. The number of carbonyl (C=O) groups is 1. The summed E-state index contributed by atoms with van der Waals surface area (Å²) in [4.78, 5) is 12.6. The minimum absolute atomic E-state index is 0.00823. The van der Waals surface area contributed by atoms with Crippen molar-refractivity contribution in [2.75, 3.05) is 20.3 Å². The van der Waals surface area contributed by atoms with Gasteiger partial charge in [-0.1, -0.05) is 12.1 Å². The third-order valence-corrected chi connectivity index (χ3v) is 11.3. The number of benzene rings is 3. The standard InChI is InChI=1S/C43H50O23/c1-16-39(66-30(49)8-4-17-3-6-21(46)23(48)9-17)35(54)38(57)41(60-16)59-15-29-32(51)34(53)37(56)43(65-29)63-27-13-20-24(61-40(27)18-5-7-22(47)26(10-18)58-2)11-19(45)12-25(20)62-42-36(55)33(52)31(50)28(14-44)64-42/h3-13,16,28-29,31-48,50-57H,14-15H2,1-2H3/b8-4+/t16?,28-,29-,31-,32-,33+,34+,35+,36-,37-,38-,39+,40?,41-,42-,43-/m1/s1. The minimum Gasteiger partial charge on any atom is -0.508 e. The summed E-state index contributed by atoms with van der Waals surface area (Å²) < 4.78 is 51.7. The number of esters is 1. The predicted molar refractivity (Wildman–Crippen MR) is 217 cm³/mol. The summed E-state index contributed by atoms with van der Waals surface area (Å²) in [5, 5.41) is 136. The van der Waals surface area contributed by atoms with Gasteiger partial charge in [0, 0.05) is 23.8 Å². The Morgan fingerprint density at radius 1 is 0.682 bits per heavy atom. The Bertz CT molecular complexity index is 2250. The molecular formula is C43H50O23. The fourth-order valence-electron chi connectivity index (χ4n) is 7.57. The second-order valence-electron chi connectivity index (χ2n) is 15.8. The Kier molecular flexibility index (Phi) is 14.8. The highest BCUT2D eigenvalue weighted by Gasteiger charge is 2.50. The summed E-state index contributed by atoms with van der Waals surface area (Å²) in [7, 11) is 1.30. The molecule has 0 aromatic heterocycles. The Hall–Kier alpha value is -5.51. The first-order valence-electron chi connectivity index (χ1n) is 20.4. The molecule has 0 aliphatic carbocycles. The molecule has 3 fully saturated rings. The highest BCUT2D eigenvalue weighted by atomic mass is 16.7. The van der Waals surface area contributed by atoms with E-state index >= 15 is 0 Å². The Morgan fingerprint density at radius 3 is 2.02 bits per heavy atom. The number of carbonyl (C=O) groups excluding carboxylic acids is 1. The van der Waals surface area contributed by atoms with Gasteiger partial charge in [-0.3, -0.25) is 0 Å². The predicted octanol–water partition coefficient (Wildman–Crippen LogP) is -1.90. The maximum absolute atomic E-state index is 12.6. The van der Waals surface area contributed by atoms with Crippen molar-refractivity contribution in [3.63, 3.8) is 0 Å². The number of phenolic OH excluding ortho intramolecular Hbond substituents is 4. The van der Waals surface area contributed by atoms with Crippen LogP contribution < -0.4 is 14.2 Å². The molecule has 3 aromatic carbocycles. The van der Waals surface area contributed by atoms with E-state index in [1.54, 1.807) is 0 Å². The van der Waals surface area contributed by atoms with E-state index in [0.29, 0.717) is 5.56 Å². The normalized spacial score (nSPS) is 34.4.